The molecule has 4 saturated carbocycles. The van der Waals surface area contributed by atoms with Gasteiger partial charge in [-0.3, -0.25) is 9.69 Å². The number of carbonyl (C=O) groups is 2. The van der Waals surface area contributed by atoms with Crippen molar-refractivity contribution in [3.63, 3.8) is 0 Å². The molecule has 0 aliphatic heterocycles. The molecule has 0 heterocycles. The van der Waals surface area contributed by atoms with Crippen LogP contribution in [0.5, 0.6) is 0 Å². The summed E-state index contributed by atoms with van der Waals surface area (Å²) >= 11 is 0. The average molecular weight is 502 g/mol. The van der Waals surface area contributed by atoms with E-state index in [-0.39, 0.29) is 23.3 Å². The number of amides is 3. The molecule has 1 N–H and O–H groups in total. The molecule has 6 unspecified atom stereocenters. The van der Waals surface area contributed by atoms with Gasteiger partial charge in [-0.1, -0.05) is 34.1 Å². The lowest BCUT2D eigenvalue weighted by Gasteiger charge is -2.61. The number of imide groups is 1. The monoisotopic (exact) mass is 501 g/mol. The molecule has 5 nitrogen and oxygen atoms in total. The molecular formula is C31H55N3O2. The molecule has 0 saturated heterocycles. The Balaban J connectivity index is 1.49. The summed E-state index contributed by atoms with van der Waals surface area (Å²) in [5, 5.41) is 2.90. The van der Waals surface area contributed by atoms with Gasteiger partial charge < -0.3 is 10.2 Å². The van der Waals surface area contributed by atoms with E-state index >= 15 is 0 Å². The Labute approximate surface area is 221 Å². The fraction of sp³-hybridized carbons (Fsp3) is 0.935. The number of carbonyl (C=O) groups excluding carboxylic acids is 2. The first-order valence-electron chi connectivity index (χ1n) is 15.3. The van der Waals surface area contributed by atoms with Crippen LogP contribution in [-0.4, -0.2) is 55.5 Å². The van der Waals surface area contributed by atoms with Crippen molar-refractivity contribution < 1.29 is 9.59 Å². The molecular weight excluding hydrogens is 446 g/mol. The first kappa shape index (κ1) is 27.9. The van der Waals surface area contributed by atoms with Crippen LogP contribution >= 0.6 is 0 Å². The highest BCUT2D eigenvalue weighted by molar-refractivity contribution is 5.95. The van der Waals surface area contributed by atoms with E-state index in [0.29, 0.717) is 24.4 Å². The van der Waals surface area contributed by atoms with Crippen LogP contribution in [0.25, 0.3) is 0 Å². The zero-order valence-corrected chi connectivity index (χ0v) is 24.4. The van der Waals surface area contributed by atoms with Crippen LogP contribution in [0.1, 0.15) is 98.8 Å². The Kier molecular flexibility index (Phi) is 8.49. The molecule has 206 valence electrons. The summed E-state index contributed by atoms with van der Waals surface area (Å²) in [6.07, 6.45) is 13.0. The average Bonchev–Trinajstić information content (AvgIpc) is 3.18. The van der Waals surface area contributed by atoms with Crippen molar-refractivity contribution in [2.24, 2.45) is 52.3 Å². The van der Waals surface area contributed by atoms with Gasteiger partial charge in [0.15, 0.2) is 0 Å². The van der Waals surface area contributed by atoms with E-state index in [0.717, 1.165) is 49.0 Å². The molecule has 3 amide bonds. The summed E-state index contributed by atoms with van der Waals surface area (Å²) < 4.78 is 0. The molecule has 9 atom stereocenters. The maximum atomic E-state index is 13.8. The van der Waals surface area contributed by atoms with Gasteiger partial charge in [0.25, 0.3) is 0 Å². The molecule has 4 fully saturated rings. The van der Waals surface area contributed by atoms with E-state index in [1.54, 1.807) is 0 Å². The lowest BCUT2D eigenvalue weighted by atomic mass is 9.44. The molecule has 36 heavy (non-hydrogen) atoms. The van der Waals surface area contributed by atoms with Gasteiger partial charge in [0, 0.05) is 19.0 Å². The van der Waals surface area contributed by atoms with Gasteiger partial charge in [0.05, 0.1) is 0 Å². The molecule has 0 radical (unpaired) electrons. The Bertz CT molecular complexity index is 799. The second-order valence-electron chi connectivity index (χ2n) is 14.0. The summed E-state index contributed by atoms with van der Waals surface area (Å²) in [5.41, 5.74) is 0.774. The Morgan fingerprint density at radius 1 is 0.944 bits per heavy atom. The summed E-state index contributed by atoms with van der Waals surface area (Å²) in [7, 11) is 4.08. The lowest BCUT2D eigenvalue weighted by molar-refractivity contribution is -0.140. The quantitative estimate of drug-likeness (QED) is 0.437. The second kappa shape index (κ2) is 10.9. The van der Waals surface area contributed by atoms with Crippen molar-refractivity contribution in [2.45, 2.75) is 98.8 Å². The van der Waals surface area contributed by atoms with Crippen LogP contribution in [0.4, 0.5) is 4.79 Å². The van der Waals surface area contributed by atoms with E-state index < -0.39 is 0 Å². The highest BCUT2D eigenvalue weighted by Crippen LogP contribution is 2.68. The van der Waals surface area contributed by atoms with Crippen LogP contribution in [0.2, 0.25) is 0 Å². The van der Waals surface area contributed by atoms with Gasteiger partial charge in [0.2, 0.25) is 5.91 Å². The lowest BCUT2D eigenvalue weighted by Crippen LogP contribution is -2.54. The SMILES string of the molecule is CCNC(=O)N(CCCN(C)C)C(=O)C(C)C1CCC2C3CC[C@H]4CC(C)CC[C@]4(C)C3CC[C@]12C. The van der Waals surface area contributed by atoms with E-state index in [2.05, 4.69) is 37.9 Å². The number of rotatable bonds is 7. The molecule has 0 aromatic rings. The van der Waals surface area contributed by atoms with Gasteiger partial charge in [-0.2, -0.15) is 0 Å². The third-order valence-corrected chi connectivity index (χ3v) is 11.8. The number of nitrogens with one attached hydrogen (secondary N) is 1. The smallest absolute Gasteiger partial charge is 0.324 e. The van der Waals surface area contributed by atoms with Gasteiger partial charge in [-0.05, 0) is 132 Å². The number of urea groups is 1. The third kappa shape index (κ3) is 4.99. The van der Waals surface area contributed by atoms with E-state index in [9.17, 15) is 9.59 Å². The maximum Gasteiger partial charge on any atom is 0.324 e. The number of fused-ring (bicyclic) bond motifs is 5. The highest BCUT2D eigenvalue weighted by atomic mass is 16.2. The number of nitrogens with zero attached hydrogens (tertiary/aromatic N) is 2. The van der Waals surface area contributed by atoms with Crippen molar-refractivity contribution in [3.8, 4) is 0 Å². The van der Waals surface area contributed by atoms with Crippen molar-refractivity contribution in [1.82, 2.24) is 15.1 Å². The van der Waals surface area contributed by atoms with Crippen LogP contribution in [0.15, 0.2) is 0 Å². The van der Waals surface area contributed by atoms with Gasteiger partial charge in [-0.15, -0.1) is 0 Å². The first-order valence-corrected chi connectivity index (χ1v) is 15.3. The standard InChI is InChI=1S/C31H55N3O2/c1-8-32-29(36)34(19-9-18-33(6)7)28(35)22(3)25-12-13-26-24-11-10-23-20-21(2)14-16-30(23,4)27(24)15-17-31(25,26)5/h21-27H,8-20H2,1-7H3,(H,32,36)/t21?,22?,23-,24?,25?,26?,27?,30-,31+/m0/s1. The van der Waals surface area contributed by atoms with Crippen molar-refractivity contribution in [3.05, 3.63) is 0 Å². The predicted octanol–water partition coefficient (Wildman–Crippen LogP) is 6.43. The topological polar surface area (TPSA) is 52.7 Å². The molecule has 4 rings (SSSR count). The van der Waals surface area contributed by atoms with Gasteiger partial charge >= 0.3 is 6.03 Å². The molecule has 0 aromatic heterocycles. The highest BCUT2D eigenvalue weighted by Gasteiger charge is 2.61. The summed E-state index contributed by atoms with van der Waals surface area (Å²) in [5.74, 6) is 4.64. The van der Waals surface area contributed by atoms with Crippen LogP contribution in [-0.2, 0) is 4.79 Å². The summed E-state index contributed by atoms with van der Waals surface area (Å²) in [6, 6.07) is -0.214. The van der Waals surface area contributed by atoms with Crippen LogP contribution in [0.3, 0.4) is 0 Å². The second-order valence-corrected chi connectivity index (χ2v) is 14.0. The van der Waals surface area contributed by atoms with Crippen LogP contribution in [0, 0.1) is 52.3 Å². The van der Waals surface area contributed by atoms with Crippen molar-refractivity contribution in [2.75, 3.05) is 33.7 Å². The molecule has 0 spiro atoms. The van der Waals surface area contributed by atoms with Crippen molar-refractivity contribution in [1.29, 1.82) is 0 Å². The zero-order valence-electron chi connectivity index (χ0n) is 24.4. The minimum atomic E-state index is -0.214. The molecule has 0 bridgehead atoms. The Hall–Kier alpha value is -1.10. The van der Waals surface area contributed by atoms with Gasteiger partial charge in [-0.25, -0.2) is 4.79 Å². The fourth-order valence-electron chi connectivity index (χ4n) is 9.86. The molecule has 0 aromatic carbocycles. The van der Waals surface area contributed by atoms with E-state index in [1.807, 2.05) is 21.0 Å². The Morgan fingerprint density at radius 2 is 1.64 bits per heavy atom. The summed E-state index contributed by atoms with van der Waals surface area (Å²) in [4.78, 5) is 30.4. The largest absolute Gasteiger partial charge is 0.338 e. The van der Waals surface area contributed by atoms with Crippen LogP contribution < -0.4 is 5.32 Å². The fourth-order valence-corrected chi connectivity index (χ4v) is 9.86. The van der Waals surface area contributed by atoms with E-state index in [1.165, 1.54) is 56.3 Å². The normalized spacial score (nSPS) is 40.7. The minimum Gasteiger partial charge on any atom is -0.338 e. The molecule has 5 heteroatoms. The Morgan fingerprint density at radius 3 is 2.33 bits per heavy atom. The zero-order chi connectivity index (χ0) is 26.3. The molecule has 4 aliphatic rings. The van der Waals surface area contributed by atoms with E-state index in [4.69, 9.17) is 0 Å². The number of hydrogen-bond donors (Lipinski definition) is 1. The predicted molar refractivity (Wildman–Crippen MR) is 148 cm³/mol. The van der Waals surface area contributed by atoms with Crippen molar-refractivity contribution >= 4 is 11.9 Å². The first-order chi connectivity index (χ1) is 17.0. The summed E-state index contributed by atoms with van der Waals surface area (Å²) in [6.45, 7) is 13.6. The maximum absolute atomic E-state index is 13.8. The number of hydrogen-bond acceptors (Lipinski definition) is 3. The minimum absolute atomic E-state index is 0.0469. The molecule has 4 aliphatic carbocycles. The van der Waals surface area contributed by atoms with Gasteiger partial charge in [0.1, 0.15) is 0 Å². The third-order valence-electron chi connectivity index (χ3n) is 11.8.